The topological polar surface area (TPSA) is 64.1 Å². The molecule has 2 unspecified atom stereocenters. The van der Waals surface area contributed by atoms with Crippen molar-refractivity contribution >= 4 is 0 Å². The second kappa shape index (κ2) is 3.42. The Kier molecular flexibility index (Phi) is 2.11. The maximum Gasteiger partial charge on any atom is 0.133 e. The molecule has 0 fully saturated rings. The van der Waals surface area contributed by atoms with E-state index in [0.717, 1.165) is 16.8 Å². The van der Waals surface area contributed by atoms with Crippen molar-refractivity contribution in [2.24, 2.45) is 12.8 Å². The van der Waals surface area contributed by atoms with Crippen LogP contribution in [0.5, 0.6) is 0 Å². The van der Waals surface area contributed by atoms with Gasteiger partial charge < -0.3 is 10.8 Å². The fourth-order valence-corrected chi connectivity index (χ4v) is 2.76. The number of aromatic nitrogens is 2. The molecular weight excluding hydrogens is 214 g/mol. The minimum atomic E-state index is -1.01. The molecule has 4 heteroatoms. The van der Waals surface area contributed by atoms with Crippen LogP contribution in [0.15, 0.2) is 36.5 Å². The first-order chi connectivity index (χ1) is 8.13. The van der Waals surface area contributed by atoms with E-state index in [1.165, 1.54) is 0 Å². The third-order valence-corrected chi connectivity index (χ3v) is 3.57. The average Bonchev–Trinajstić information content (AvgIpc) is 2.85. The van der Waals surface area contributed by atoms with Crippen molar-refractivity contribution < 1.29 is 5.11 Å². The highest BCUT2D eigenvalue weighted by Gasteiger charge is 2.43. The van der Waals surface area contributed by atoms with Gasteiger partial charge in [0, 0.05) is 25.7 Å². The largest absolute Gasteiger partial charge is 0.379 e. The molecule has 88 valence electrons. The van der Waals surface area contributed by atoms with Gasteiger partial charge in [0.1, 0.15) is 5.60 Å². The summed E-state index contributed by atoms with van der Waals surface area (Å²) in [6.07, 6.45) is 2.20. The fraction of sp³-hybridized carbons (Fsp3) is 0.308. The molecule has 2 atom stereocenters. The molecule has 0 saturated carbocycles. The van der Waals surface area contributed by atoms with Gasteiger partial charge in [0.2, 0.25) is 0 Å². The Bertz CT molecular complexity index is 563. The van der Waals surface area contributed by atoms with E-state index in [2.05, 4.69) is 5.10 Å². The molecule has 1 aliphatic carbocycles. The molecule has 0 bridgehead atoms. The van der Waals surface area contributed by atoms with Gasteiger partial charge in [0.25, 0.3) is 0 Å². The first kappa shape index (κ1) is 10.5. The lowest BCUT2D eigenvalue weighted by atomic mass is 9.92. The summed E-state index contributed by atoms with van der Waals surface area (Å²) in [6, 6.07) is 9.52. The van der Waals surface area contributed by atoms with Crippen LogP contribution in [0.4, 0.5) is 0 Å². The lowest BCUT2D eigenvalue weighted by Crippen LogP contribution is -2.28. The summed E-state index contributed by atoms with van der Waals surface area (Å²) in [5.41, 5.74) is 7.79. The summed E-state index contributed by atoms with van der Waals surface area (Å²) < 4.78 is 1.70. The number of nitrogens with two attached hydrogens (primary N) is 1. The van der Waals surface area contributed by atoms with Crippen LogP contribution in [0.2, 0.25) is 0 Å². The van der Waals surface area contributed by atoms with Gasteiger partial charge in [-0.1, -0.05) is 24.3 Å². The highest BCUT2D eigenvalue weighted by atomic mass is 16.3. The van der Waals surface area contributed by atoms with Gasteiger partial charge in [-0.15, -0.1) is 0 Å². The van der Waals surface area contributed by atoms with Crippen molar-refractivity contribution in [3.05, 3.63) is 53.3 Å². The van der Waals surface area contributed by atoms with E-state index < -0.39 is 5.60 Å². The standard InChI is InChI=1S/C13H15N3O/c1-16-12(6-7-15-16)13(17)8-11(14)9-4-2-3-5-10(9)13/h2-7,11,17H,8,14H2,1H3. The van der Waals surface area contributed by atoms with Crippen LogP contribution >= 0.6 is 0 Å². The van der Waals surface area contributed by atoms with E-state index in [0.29, 0.717) is 6.42 Å². The van der Waals surface area contributed by atoms with Gasteiger partial charge in [-0.05, 0) is 17.2 Å². The van der Waals surface area contributed by atoms with Crippen LogP contribution < -0.4 is 5.73 Å². The summed E-state index contributed by atoms with van der Waals surface area (Å²) in [7, 11) is 1.83. The van der Waals surface area contributed by atoms with E-state index in [1.54, 1.807) is 10.9 Å². The van der Waals surface area contributed by atoms with E-state index >= 15 is 0 Å². The third-order valence-electron chi connectivity index (χ3n) is 3.57. The zero-order valence-corrected chi connectivity index (χ0v) is 9.67. The number of rotatable bonds is 1. The summed E-state index contributed by atoms with van der Waals surface area (Å²) >= 11 is 0. The number of hydrogen-bond donors (Lipinski definition) is 2. The predicted octanol–water partition coefficient (Wildman–Crippen LogP) is 1.06. The molecule has 1 aliphatic rings. The van der Waals surface area contributed by atoms with Gasteiger partial charge in [-0.25, -0.2) is 0 Å². The number of benzene rings is 1. The lowest BCUT2D eigenvalue weighted by Gasteiger charge is -2.24. The van der Waals surface area contributed by atoms with Gasteiger partial charge in [-0.2, -0.15) is 5.10 Å². The minimum Gasteiger partial charge on any atom is -0.379 e. The van der Waals surface area contributed by atoms with Crippen LogP contribution in [0, 0.1) is 0 Å². The van der Waals surface area contributed by atoms with Crippen LogP contribution in [0.3, 0.4) is 0 Å². The molecule has 3 N–H and O–H groups in total. The Hall–Kier alpha value is -1.65. The number of aryl methyl sites for hydroxylation is 1. The zero-order valence-electron chi connectivity index (χ0n) is 9.67. The lowest BCUT2D eigenvalue weighted by molar-refractivity contribution is 0.0689. The Balaban J connectivity index is 2.21. The molecule has 0 spiro atoms. The van der Waals surface area contributed by atoms with Crippen molar-refractivity contribution in [2.45, 2.75) is 18.1 Å². The molecule has 0 amide bonds. The second-order valence-corrected chi connectivity index (χ2v) is 4.60. The average molecular weight is 229 g/mol. The van der Waals surface area contributed by atoms with Gasteiger partial charge in [-0.3, -0.25) is 4.68 Å². The third kappa shape index (κ3) is 1.34. The van der Waals surface area contributed by atoms with Gasteiger partial charge >= 0.3 is 0 Å². The molecule has 0 saturated heterocycles. The molecule has 0 radical (unpaired) electrons. The van der Waals surface area contributed by atoms with Crippen LogP contribution in [-0.2, 0) is 12.6 Å². The molecule has 17 heavy (non-hydrogen) atoms. The molecule has 3 rings (SSSR count). The maximum atomic E-state index is 10.9. The number of hydrogen-bond acceptors (Lipinski definition) is 3. The summed E-state index contributed by atoms with van der Waals surface area (Å²) in [4.78, 5) is 0. The highest BCUT2D eigenvalue weighted by Crippen LogP contribution is 2.45. The van der Waals surface area contributed by atoms with Crippen LogP contribution in [0.1, 0.15) is 29.3 Å². The van der Waals surface area contributed by atoms with Gasteiger partial charge in [0.05, 0.1) is 5.69 Å². The highest BCUT2D eigenvalue weighted by molar-refractivity contribution is 5.45. The molecule has 4 nitrogen and oxygen atoms in total. The summed E-state index contributed by atoms with van der Waals surface area (Å²) in [6.45, 7) is 0. The Morgan fingerprint density at radius 1 is 1.41 bits per heavy atom. The number of aliphatic hydroxyl groups is 1. The van der Waals surface area contributed by atoms with Crippen molar-refractivity contribution in [1.29, 1.82) is 0 Å². The van der Waals surface area contributed by atoms with Crippen molar-refractivity contribution in [3.63, 3.8) is 0 Å². The fourth-order valence-electron chi connectivity index (χ4n) is 2.76. The van der Waals surface area contributed by atoms with Crippen molar-refractivity contribution in [1.82, 2.24) is 9.78 Å². The Morgan fingerprint density at radius 2 is 2.18 bits per heavy atom. The molecule has 1 aromatic heterocycles. The molecule has 1 aromatic carbocycles. The van der Waals surface area contributed by atoms with Crippen molar-refractivity contribution in [2.75, 3.05) is 0 Å². The predicted molar refractivity (Wildman–Crippen MR) is 64.2 cm³/mol. The molecular formula is C13H15N3O. The van der Waals surface area contributed by atoms with E-state index in [1.807, 2.05) is 37.4 Å². The van der Waals surface area contributed by atoms with Gasteiger partial charge in [0.15, 0.2) is 0 Å². The minimum absolute atomic E-state index is 0.119. The monoisotopic (exact) mass is 229 g/mol. The first-order valence-corrected chi connectivity index (χ1v) is 5.69. The number of fused-ring (bicyclic) bond motifs is 1. The summed E-state index contributed by atoms with van der Waals surface area (Å²) in [5.74, 6) is 0. The van der Waals surface area contributed by atoms with Crippen LogP contribution in [-0.4, -0.2) is 14.9 Å². The maximum absolute atomic E-state index is 10.9. The molecule has 0 aliphatic heterocycles. The van der Waals surface area contributed by atoms with Crippen LogP contribution in [0.25, 0.3) is 0 Å². The van der Waals surface area contributed by atoms with E-state index in [-0.39, 0.29) is 6.04 Å². The molecule has 1 heterocycles. The normalized spacial score (nSPS) is 27.1. The van der Waals surface area contributed by atoms with E-state index in [4.69, 9.17) is 5.73 Å². The summed E-state index contributed by atoms with van der Waals surface area (Å²) in [5, 5.41) is 15.0. The quantitative estimate of drug-likeness (QED) is 0.768. The molecule has 2 aromatic rings. The Labute approximate surface area is 99.7 Å². The second-order valence-electron chi connectivity index (χ2n) is 4.60. The SMILES string of the molecule is Cn1nccc1C1(O)CC(N)c2ccccc21. The van der Waals surface area contributed by atoms with E-state index in [9.17, 15) is 5.11 Å². The zero-order chi connectivity index (χ0) is 12.0. The van der Waals surface area contributed by atoms with Crippen molar-refractivity contribution in [3.8, 4) is 0 Å². The Morgan fingerprint density at radius 3 is 2.88 bits per heavy atom. The smallest absolute Gasteiger partial charge is 0.133 e. The first-order valence-electron chi connectivity index (χ1n) is 5.69. The number of nitrogens with zero attached hydrogens (tertiary/aromatic N) is 2.